The fraction of sp³-hybridized carbons (Fsp3) is 0. The van der Waals surface area contributed by atoms with E-state index in [1.165, 1.54) is 35.0 Å². The van der Waals surface area contributed by atoms with Crippen LogP contribution in [0.1, 0.15) is 11.3 Å². The number of nitro groups is 1. The molecular formula is C22H13N5O4S. The molecule has 0 saturated carbocycles. The number of hydrogen-bond acceptors (Lipinski definition) is 7. The van der Waals surface area contributed by atoms with Crippen LogP contribution in [-0.4, -0.2) is 31.9 Å². The average molecular weight is 443 g/mol. The second-order valence-electron chi connectivity index (χ2n) is 6.80. The van der Waals surface area contributed by atoms with Gasteiger partial charge in [-0.25, -0.2) is 0 Å². The fourth-order valence-electron chi connectivity index (χ4n) is 3.19. The first kappa shape index (κ1) is 19.6. The topological polar surface area (TPSA) is 125 Å². The minimum Gasteiger partial charge on any atom is -0.457 e. The van der Waals surface area contributed by atoms with E-state index in [1.54, 1.807) is 24.3 Å². The molecule has 5 rings (SSSR count). The molecule has 1 aromatic heterocycles. The quantitative estimate of drug-likeness (QED) is 0.359. The number of nitrogens with one attached hydrogen (secondary N) is 1. The van der Waals surface area contributed by atoms with E-state index in [4.69, 9.17) is 9.83 Å². The highest BCUT2D eigenvalue weighted by molar-refractivity contribution is 8.27. The molecule has 156 valence electrons. The minimum absolute atomic E-state index is 0.0346. The molecule has 0 fully saturated rings. The maximum absolute atomic E-state index is 12.6. The van der Waals surface area contributed by atoms with E-state index in [0.717, 1.165) is 5.56 Å². The maximum atomic E-state index is 12.6. The highest BCUT2D eigenvalue weighted by Crippen LogP contribution is 2.32. The number of nitro benzene ring substituents is 1. The van der Waals surface area contributed by atoms with E-state index >= 15 is 0 Å². The Balaban J connectivity index is 1.44. The van der Waals surface area contributed by atoms with Gasteiger partial charge in [-0.1, -0.05) is 42.5 Å². The Kier molecular flexibility index (Phi) is 4.75. The number of amidine groups is 2. The monoisotopic (exact) mass is 443 g/mol. The van der Waals surface area contributed by atoms with Crippen LogP contribution in [-0.2, 0) is 4.79 Å². The van der Waals surface area contributed by atoms with E-state index in [-0.39, 0.29) is 17.1 Å². The second-order valence-corrected chi connectivity index (χ2v) is 7.76. The zero-order valence-electron chi connectivity index (χ0n) is 16.3. The summed E-state index contributed by atoms with van der Waals surface area (Å²) in [5, 5.41) is 26.2. The molecule has 0 atom stereocenters. The first-order valence-electron chi connectivity index (χ1n) is 9.40. The lowest BCUT2D eigenvalue weighted by molar-refractivity contribution is -0.384. The second kappa shape index (κ2) is 7.75. The fourth-order valence-corrected chi connectivity index (χ4v) is 4.09. The van der Waals surface area contributed by atoms with Gasteiger partial charge in [0, 0.05) is 23.3 Å². The predicted molar refractivity (Wildman–Crippen MR) is 121 cm³/mol. The number of amides is 1. The van der Waals surface area contributed by atoms with Crippen LogP contribution in [0.5, 0.6) is 0 Å². The van der Waals surface area contributed by atoms with E-state index in [1.807, 2.05) is 30.3 Å². The van der Waals surface area contributed by atoms with Gasteiger partial charge in [0.15, 0.2) is 5.84 Å². The number of non-ortho nitro benzene ring substituents is 1. The van der Waals surface area contributed by atoms with Crippen LogP contribution in [0.25, 0.3) is 17.4 Å². The molecule has 32 heavy (non-hydrogen) atoms. The Bertz CT molecular complexity index is 1370. The Labute approximate surface area is 185 Å². The van der Waals surface area contributed by atoms with Gasteiger partial charge in [-0.15, -0.1) is 0 Å². The number of aliphatic imine (C=N–C) groups is 1. The van der Waals surface area contributed by atoms with Crippen LogP contribution < -0.4 is 0 Å². The summed E-state index contributed by atoms with van der Waals surface area (Å²) in [7, 11) is 0. The molecule has 10 heteroatoms. The molecule has 1 N–H and O–H groups in total. The third-order valence-electron chi connectivity index (χ3n) is 4.73. The van der Waals surface area contributed by atoms with Gasteiger partial charge in [-0.3, -0.25) is 20.3 Å². The highest BCUT2D eigenvalue weighted by Gasteiger charge is 2.36. The van der Waals surface area contributed by atoms with E-state index in [2.05, 4.69) is 10.1 Å². The van der Waals surface area contributed by atoms with Gasteiger partial charge in [0.05, 0.1) is 10.5 Å². The first-order valence-corrected chi connectivity index (χ1v) is 10.2. The van der Waals surface area contributed by atoms with Crippen molar-refractivity contribution in [1.82, 2.24) is 5.01 Å². The smallest absolute Gasteiger partial charge is 0.283 e. The number of hydrogen-bond donors (Lipinski definition) is 1. The summed E-state index contributed by atoms with van der Waals surface area (Å²) in [6.45, 7) is 0. The first-order chi connectivity index (χ1) is 15.5. The molecule has 2 aliphatic heterocycles. The lowest BCUT2D eigenvalue weighted by Gasteiger charge is -2.19. The molecule has 0 unspecified atom stereocenters. The van der Waals surface area contributed by atoms with Crippen molar-refractivity contribution in [2.24, 2.45) is 10.1 Å². The number of rotatable bonds is 4. The molecule has 9 nitrogen and oxygen atoms in total. The number of hydrazone groups is 1. The summed E-state index contributed by atoms with van der Waals surface area (Å²) < 4.78 is 5.75. The van der Waals surface area contributed by atoms with Crippen LogP contribution in [0.15, 0.2) is 86.8 Å². The van der Waals surface area contributed by atoms with Gasteiger partial charge in [0.25, 0.3) is 11.6 Å². The van der Waals surface area contributed by atoms with Crippen LogP contribution in [0.2, 0.25) is 0 Å². The molecule has 2 aromatic carbocycles. The molecule has 1 amide bonds. The van der Waals surface area contributed by atoms with Gasteiger partial charge < -0.3 is 4.42 Å². The number of benzene rings is 2. The summed E-state index contributed by atoms with van der Waals surface area (Å²) in [5.41, 5.74) is 1.38. The third kappa shape index (κ3) is 3.52. The van der Waals surface area contributed by atoms with Crippen LogP contribution >= 0.6 is 11.8 Å². The van der Waals surface area contributed by atoms with Crippen molar-refractivity contribution >= 4 is 45.5 Å². The zero-order valence-corrected chi connectivity index (χ0v) is 17.1. The highest BCUT2D eigenvalue weighted by atomic mass is 32.2. The van der Waals surface area contributed by atoms with Crippen molar-refractivity contribution in [2.75, 3.05) is 0 Å². The molecule has 3 heterocycles. The Hall–Kier alpha value is -4.31. The van der Waals surface area contributed by atoms with Gasteiger partial charge in [0.2, 0.25) is 5.17 Å². The van der Waals surface area contributed by atoms with Gasteiger partial charge in [-0.2, -0.15) is 15.1 Å². The summed E-state index contributed by atoms with van der Waals surface area (Å²) in [6.07, 6.45) is 1.42. The van der Waals surface area contributed by atoms with E-state index in [9.17, 15) is 14.9 Å². The standard InChI is InChI=1S/C22H13N5O4S/c23-19-17(12-16-9-10-18(31-16)14-7-4-8-15(11-14)27(29)30)20(28)24-22-26(19)25-21(32-22)13-5-2-1-3-6-13/h1-12,23H/b17-12-,23-19?. The lowest BCUT2D eigenvalue weighted by atomic mass is 10.1. The lowest BCUT2D eigenvalue weighted by Crippen LogP contribution is -2.35. The van der Waals surface area contributed by atoms with E-state index < -0.39 is 10.8 Å². The SMILES string of the molecule is N=C1/C(=C/c2ccc(-c3cccc([N+](=O)[O-])c3)o2)C(=O)N=C2SC(c3ccccc3)=NN12. The molecule has 0 bridgehead atoms. The number of carbonyl (C=O) groups excluding carboxylic acids is 1. The number of furan rings is 1. The maximum Gasteiger partial charge on any atom is 0.283 e. The predicted octanol–water partition coefficient (Wildman–Crippen LogP) is 4.52. The van der Waals surface area contributed by atoms with Crippen molar-refractivity contribution in [2.45, 2.75) is 0 Å². The largest absolute Gasteiger partial charge is 0.457 e. The Morgan fingerprint density at radius 3 is 2.62 bits per heavy atom. The molecular weight excluding hydrogens is 430 g/mol. The molecule has 0 saturated heterocycles. The minimum atomic E-state index is -0.563. The Morgan fingerprint density at radius 2 is 1.84 bits per heavy atom. The van der Waals surface area contributed by atoms with Crippen molar-refractivity contribution in [3.8, 4) is 11.3 Å². The average Bonchev–Trinajstić information content (AvgIpc) is 3.45. The molecule has 0 spiro atoms. The normalized spacial score (nSPS) is 16.8. The summed E-state index contributed by atoms with van der Waals surface area (Å²) in [4.78, 5) is 27.2. The van der Waals surface area contributed by atoms with Crippen molar-refractivity contribution < 1.29 is 14.1 Å². The van der Waals surface area contributed by atoms with Crippen LogP contribution in [0.3, 0.4) is 0 Å². The molecule has 0 radical (unpaired) electrons. The van der Waals surface area contributed by atoms with Crippen LogP contribution in [0.4, 0.5) is 5.69 Å². The molecule has 2 aliphatic rings. The van der Waals surface area contributed by atoms with Gasteiger partial charge in [0.1, 0.15) is 16.6 Å². The van der Waals surface area contributed by atoms with Gasteiger partial charge >= 0.3 is 0 Å². The Morgan fingerprint density at radius 1 is 1.06 bits per heavy atom. The molecule has 0 aliphatic carbocycles. The number of fused-ring (bicyclic) bond motifs is 1. The number of nitrogens with zero attached hydrogens (tertiary/aromatic N) is 4. The number of thioether (sulfide) groups is 1. The van der Waals surface area contributed by atoms with Crippen molar-refractivity contribution in [3.63, 3.8) is 0 Å². The van der Waals surface area contributed by atoms with E-state index in [0.29, 0.717) is 27.3 Å². The van der Waals surface area contributed by atoms with Crippen LogP contribution in [0, 0.1) is 15.5 Å². The van der Waals surface area contributed by atoms with Crippen molar-refractivity contribution in [3.05, 3.63) is 93.7 Å². The molecule has 3 aromatic rings. The zero-order chi connectivity index (χ0) is 22.2. The summed E-state index contributed by atoms with van der Waals surface area (Å²) >= 11 is 1.23. The summed E-state index contributed by atoms with van der Waals surface area (Å²) in [5.74, 6) is 0.0521. The third-order valence-corrected chi connectivity index (χ3v) is 5.69. The summed E-state index contributed by atoms with van der Waals surface area (Å²) in [6, 6.07) is 18.8. The number of carbonyl (C=O) groups is 1. The van der Waals surface area contributed by atoms with Crippen molar-refractivity contribution in [1.29, 1.82) is 5.41 Å². The van der Waals surface area contributed by atoms with Gasteiger partial charge in [-0.05, 0) is 30.0 Å².